The fraction of sp³-hybridized carbons (Fsp3) is 0.286. The van der Waals surface area contributed by atoms with Gasteiger partial charge in [0.1, 0.15) is 12.4 Å². The van der Waals surface area contributed by atoms with E-state index in [1.165, 1.54) is 18.4 Å². The third kappa shape index (κ3) is 4.40. The Morgan fingerprint density at radius 2 is 1.88 bits per heavy atom. The lowest BCUT2D eigenvalue weighted by molar-refractivity contribution is 0.363. The average molecular weight is 353 g/mol. The van der Waals surface area contributed by atoms with E-state index in [1.54, 1.807) is 6.08 Å². The molecule has 0 aromatic heterocycles. The van der Waals surface area contributed by atoms with Gasteiger partial charge in [-0.2, -0.15) is 0 Å². The summed E-state index contributed by atoms with van der Waals surface area (Å²) in [7, 11) is 0. The first-order chi connectivity index (χ1) is 12.2. The smallest absolute Gasteiger partial charge is 0.171 e. The summed E-state index contributed by atoms with van der Waals surface area (Å²) in [5, 5.41) is 7.52. The number of hydrogen-bond acceptors (Lipinski definition) is 2. The van der Waals surface area contributed by atoms with Gasteiger partial charge in [-0.1, -0.05) is 61.9 Å². The zero-order valence-corrected chi connectivity index (χ0v) is 15.1. The van der Waals surface area contributed by atoms with Crippen LogP contribution in [0.1, 0.15) is 31.2 Å². The molecule has 0 heterocycles. The minimum absolute atomic E-state index is 0.0672. The molecule has 0 saturated heterocycles. The van der Waals surface area contributed by atoms with Gasteiger partial charge in [0, 0.05) is 11.8 Å². The van der Waals surface area contributed by atoms with Crippen LogP contribution < -0.4 is 15.4 Å². The Morgan fingerprint density at radius 3 is 2.60 bits per heavy atom. The Hall–Kier alpha value is -2.33. The second-order valence-electron chi connectivity index (χ2n) is 6.36. The number of ether oxygens (including phenoxy) is 1. The first kappa shape index (κ1) is 17.5. The summed E-state index contributed by atoms with van der Waals surface area (Å²) in [6.07, 6.45) is 6.36. The summed E-state index contributed by atoms with van der Waals surface area (Å²) >= 11 is 5.60. The molecule has 0 spiro atoms. The maximum absolute atomic E-state index is 5.60. The van der Waals surface area contributed by atoms with Gasteiger partial charge < -0.3 is 15.4 Å². The summed E-state index contributed by atoms with van der Waals surface area (Å²) in [6.45, 7) is 4.16. The molecule has 130 valence electrons. The van der Waals surface area contributed by atoms with E-state index < -0.39 is 0 Å². The van der Waals surface area contributed by atoms with Crippen LogP contribution in [0.2, 0.25) is 0 Å². The molecular formula is C21H24N2OS. The Morgan fingerprint density at radius 1 is 1.12 bits per heavy atom. The monoisotopic (exact) mass is 352 g/mol. The highest BCUT2D eigenvalue weighted by Gasteiger charge is 2.36. The summed E-state index contributed by atoms with van der Waals surface area (Å²) in [5.74, 6) is 0.798. The van der Waals surface area contributed by atoms with Crippen molar-refractivity contribution in [2.24, 2.45) is 0 Å². The van der Waals surface area contributed by atoms with Crippen molar-refractivity contribution < 1.29 is 4.74 Å². The van der Waals surface area contributed by atoms with Crippen LogP contribution in [-0.2, 0) is 5.54 Å². The van der Waals surface area contributed by atoms with Crippen molar-refractivity contribution in [3.8, 4) is 5.75 Å². The molecule has 4 heteroatoms. The second kappa shape index (κ2) is 8.17. The molecule has 25 heavy (non-hydrogen) atoms. The minimum Gasteiger partial charge on any atom is -0.489 e. The van der Waals surface area contributed by atoms with Crippen molar-refractivity contribution in [3.05, 3.63) is 72.8 Å². The molecule has 0 bridgehead atoms. The van der Waals surface area contributed by atoms with E-state index in [9.17, 15) is 0 Å². The molecule has 1 fully saturated rings. The van der Waals surface area contributed by atoms with E-state index in [2.05, 4.69) is 47.5 Å². The number of benzene rings is 2. The zero-order chi connectivity index (χ0) is 17.5. The van der Waals surface area contributed by atoms with Crippen molar-refractivity contribution >= 4 is 23.0 Å². The molecule has 0 atom stereocenters. The quantitative estimate of drug-likeness (QED) is 0.566. The first-order valence-electron chi connectivity index (χ1n) is 8.70. The standard InChI is InChI=1S/C21H24N2OS/c1-2-15-24-19-12-8-11-18(16-19)22-20(25)23-21(13-6-7-14-21)17-9-4-3-5-10-17/h2-5,8-12,16H,1,6-7,13-15H2,(H2,22,23,25). The van der Waals surface area contributed by atoms with Crippen LogP contribution >= 0.6 is 12.2 Å². The topological polar surface area (TPSA) is 33.3 Å². The van der Waals surface area contributed by atoms with E-state index >= 15 is 0 Å². The Bertz CT molecular complexity index is 724. The van der Waals surface area contributed by atoms with E-state index in [4.69, 9.17) is 17.0 Å². The van der Waals surface area contributed by atoms with Crippen LogP contribution in [-0.4, -0.2) is 11.7 Å². The van der Waals surface area contributed by atoms with Gasteiger partial charge in [0.2, 0.25) is 0 Å². The fourth-order valence-corrected chi connectivity index (χ4v) is 3.73. The van der Waals surface area contributed by atoms with Crippen LogP contribution in [0.5, 0.6) is 5.75 Å². The van der Waals surface area contributed by atoms with Crippen molar-refractivity contribution in [1.82, 2.24) is 5.32 Å². The van der Waals surface area contributed by atoms with Crippen molar-refractivity contribution in [3.63, 3.8) is 0 Å². The molecule has 0 aliphatic heterocycles. The van der Waals surface area contributed by atoms with Gasteiger partial charge in [0.05, 0.1) is 5.54 Å². The number of rotatable bonds is 6. The lowest BCUT2D eigenvalue weighted by Gasteiger charge is -2.32. The summed E-state index contributed by atoms with van der Waals surface area (Å²) in [5.41, 5.74) is 2.16. The number of anilines is 1. The maximum atomic E-state index is 5.60. The summed E-state index contributed by atoms with van der Waals surface area (Å²) in [6, 6.07) is 18.4. The molecule has 1 aliphatic rings. The maximum Gasteiger partial charge on any atom is 0.171 e. The highest BCUT2D eigenvalue weighted by Crippen LogP contribution is 2.38. The van der Waals surface area contributed by atoms with Crippen molar-refractivity contribution in [2.75, 3.05) is 11.9 Å². The number of hydrogen-bond donors (Lipinski definition) is 2. The van der Waals surface area contributed by atoms with Gasteiger partial charge in [-0.05, 0) is 42.8 Å². The van der Waals surface area contributed by atoms with E-state index in [1.807, 2.05) is 24.3 Å². The predicted molar refractivity (Wildman–Crippen MR) is 108 cm³/mol. The van der Waals surface area contributed by atoms with Crippen LogP contribution in [0, 0.1) is 0 Å². The molecule has 0 radical (unpaired) electrons. The van der Waals surface area contributed by atoms with Crippen LogP contribution in [0.15, 0.2) is 67.3 Å². The van der Waals surface area contributed by atoms with Gasteiger partial charge in [0.25, 0.3) is 0 Å². The lowest BCUT2D eigenvalue weighted by atomic mass is 9.88. The molecule has 2 aromatic carbocycles. The molecular weight excluding hydrogens is 328 g/mol. The molecule has 2 N–H and O–H groups in total. The van der Waals surface area contributed by atoms with Crippen LogP contribution in [0.4, 0.5) is 5.69 Å². The van der Waals surface area contributed by atoms with E-state index in [0.717, 1.165) is 24.3 Å². The van der Waals surface area contributed by atoms with Gasteiger partial charge in [0.15, 0.2) is 5.11 Å². The molecule has 2 aromatic rings. The highest BCUT2D eigenvalue weighted by atomic mass is 32.1. The highest BCUT2D eigenvalue weighted by molar-refractivity contribution is 7.80. The Kier molecular flexibility index (Phi) is 5.71. The second-order valence-corrected chi connectivity index (χ2v) is 6.77. The van der Waals surface area contributed by atoms with Gasteiger partial charge >= 0.3 is 0 Å². The predicted octanol–water partition coefficient (Wildman–Crippen LogP) is 5.01. The SMILES string of the molecule is C=CCOc1cccc(NC(=S)NC2(c3ccccc3)CCCC2)c1. The third-order valence-electron chi connectivity index (χ3n) is 4.60. The fourth-order valence-electron chi connectivity index (χ4n) is 3.42. The van der Waals surface area contributed by atoms with E-state index in [-0.39, 0.29) is 5.54 Å². The molecule has 0 unspecified atom stereocenters. The molecule has 1 saturated carbocycles. The first-order valence-corrected chi connectivity index (χ1v) is 9.11. The summed E-state index contributed by atoms with van der Waals surface area (Å²) in [4.78, 5) is 0. The van der Waals surface area contributed by atoms with Gasteiger partial charge in [-0.3, -0.25) is 0 Å². The zero-order valence-electron chi connectivity index (χ0n) is 14.3. The molecule has 0 amide bonds. The van der Waals surface area contributed by atoms with Crippen LogP contribution in [0.3, 0.4) is 0 Å². The Labute approximate surface area is 155 Å². The minimum atomic E-state index is -0.0672. The molecule has 1 aliphatic carbocycles. The van der Waals surface area contributed by atoms with Gasteiger partial charge in [-0.25, -0.2) is 0 Å². The third-order valence-corrected chi connectivity index (χ3v) is 4.80. The van der Waals surface area contributed by atoms with Gasteiger partial charge in [-0.15, -0.1) is 0 Å². The summed E-state index contributed by atoms with van der Waals surface area (Å²) < 4.78 is 5.58. The Balaban J connectivity index is 1.70. The largest absolute Gasteiger partial charge is 0.489 e. The lowest BCUT2D eigenvalue weighted by Crippen LogP contribution is -2.45. The number of nitrogens with one attached hydrogen (secondary N) is 2. The van der Waals surface area contributed by atoms with Crippen molar-refractivity contribution in [2.45, 2.75) is 31.2 Å². The molecule has 3 rings (SSSR count). The average Bonchev–Trinajstić information content (AvgIpc) is 3.10. The van der Waals surface area contributed by atoms with E-state index in [0.29, 0.717) is 11.7 Å². The van der Waals surface area contributed by atoms with Crippen molar-refractivity contribution in [1.29, 1.82) is 0 Å². The normalized spacial score (nSPS) is 15.4. The molecule has 3 nitrogen and oxygen atoms in total. The van der Waals surface area contributed by atoms with Crippen LogP contribution in [0.25, 0.3) is 0 Å². The number of thiocarbonyl (C=S) groups is 1.